The first kappa shape index (κ1) is 15.4. The highest BCUT2D eigenvalue weighted by Crippen LogP contribution is 2.34. The predicted molar refractivity (Wildman–Crippen MR) is 87.9 cm³/mol. The van der Waals surface area contributed by atoms with Gasteiger partial charge in [0.15, 0.2) is 0 Å². The minimum absolute atomic E-state index is 0.0962. The molecular formula is C14H14BrN3O3S. The van der Waals surface area contributed by atoms with E-state index >= 15 is 0 Å². The van der Waals surface area contributed by atoms with E-state index in [1.807, 2.05) is 18.2 Å². The molecule has 3 rings (SSSR count). The Kier molecular flexibility index (Phi) is 3.92. The molecule has 0 bridgehead atoms. The van der Waals surface area contributed by atoms with Crippen LogP contribution < -0.4 is 10.0 Å². The standard InChI is InChI=1S/C14H14BrN3O3S/c15-12-1-2-13(11-6-17-4-3-10(11)12)18-7-9(5-14(18)19)8-22(16,20)21/h1-4,6,9H,5,7-8H2,(H2,16,20,21). The summed E-state index contributed by atoms with van der Waals surface area (Å²) >= 11 is 3.48. The van der Waals surface area contributed by atoms with Crippen LogP contribution in [-0.2, 0) is 14.8 Å². The van der Waals surface area contributed by atoms with Crippen LogP contribution in [0.4, 0.5) is 5.69 Å². The van der Waals surface area contributed by atoms with Gasteiger partial charge in [0.05, 0.1) is 11.4 Å². The summed E-state index contributed by atoms with van der Waals surface area (Å²) in [5, 5.41) is 6.88. The van der Waals surface area contributed by atoms with Crippen LogP contribution in [0.25, 0.3) is 10.8 Å². The van der Waals surface area contributed by atoms with Gasteiger partial charge in [-0.3, -0.25) is 9.78 Å². The zero-order valence-electron chi connectivity index (χ0n) is 11.6. The van der Waals surface area contributed by atoms with Gasteiger partial charge in [-0.25, -0.2) is 13.6 Å². The fourth-order valence-corrected chi connectivity index (χ4v) is 4.19. The van der Waals surface area contributed by atoms with Crippen molar-refractivity contribution in [1.29, 1.82) is 0 Å². The minimum Gasteiger partial charge on any atom is -0.311 e. The van der Waals surface area contributed by atoms with Crippen molar-refractivity contribution in [1.82, 2.24) is 4.98 Å². The molecule has 1 unspecified atom stereocenters. The average molecular weight is 384 g/mol. The van der Waals surface area contributed by atoms with E-state index in [9.17, 15) is 13.2 Å². The molecule has 1 aromatic heterocycles. The van der Waals surface area contributed by atoms with Crippen molar-refractivity contribution >= 4 is 48.3 Å². The molecule has 1 fully saturated rings. The highest BCUT2D eigenvalue weighted by molar-refractivity contribution is 9.10. The van der Waals surface area contributed by atoms with Gasteiger partial charge in [-0.15, -0.1) is 0 Å². The van der Waals surface area contributed by atoms with Crippen molar-refractivity contribution in [3.8, 4) is 0 Å². The van der Waals surface area contributed by atoms with Crippen molar-refractivity contribution in [2.45, 2.75) is 6.42 Å². The number of hydrogen-bond donors (Lipinski definition) is 1. The van der Waals surface area contributed by atoms with E-state index in [0.717, 1.165) is 20.9 Å². The van der Waals surface area contributed by atoms with Crippen molar-refractivity contribution in [2.75, 3.05) is 17.2 Å². The number of primary sulfonamides is 1. The number of halogens is 1. The summed E-state index contributed by atoms with van der Waals surface area (Å²) in [6.07, 6.45) is 3.58. The van der Waals surface area contributed by atoms with Gasteiger partial charge in [-0.05, 0) is 18.2 Å². The number of fused-ring (bicyclic) bond motifs is 1. The SMILES string of the molecule is NS(=O)(=O)CC1CC(=O)N(c2ccc(Br)c3ccncc23)C1. The fraction of sp³-hybridized carbons (Fsp3) is 0.286. The maximum atomic E-state index is 12.3. The van der Waals surface area contributed by atoms with Gasteiger partial charge in [-0.2, -0.15) is 0 Å². The van der Waals surface area contributed by atoms with Gasteiger partial charge < -0.3 is 4.90 Å². The second-order valence-electron chi connectivity index (χ2n) is 5.39. The molecule has 0 saturated carbocycles. The second kappa shape index (κ2) is 5.60. The lowest BCUT2D eigenvalue weighted by Crippen LogP contribution is -2.27. The number of carbonyl (C=O) groups is 1. The highest BCUT2D eigenvalue weighted by Gasteiger charge is 2.33. The summed E-state index contributed by atoms with van der Waals surface area (Å²) in [6, 6.07) is 5.58. The van der Waals surface area contributed by atoms with Gasteiger partial charge in [-0.1, -0.05) is 15.9 Å². The molecule has 1 aliphatic rings. The van der Waals surface area contributed by atoms with E-state index in [0.29, 0.717) is 6.54 Å². The Morgan fingerprint density at radius 2 is 2.09 bits per heavy atom. The summed E-state index contributed by atoms with van der Waals surface area (Å²) in [4.78, 5) is 18.0. The van der Waals surface area contributed by atoms with Crippen molar-refractivity contribution in [3.63, 3.8) is 0 Å². The van der Waals surface area contributed by atoms with Crippen LogP contribution in [0.3, 0.4) is 0 Å². The van der Waals surface area contributed by atoms with Crippen molar-refractivity contribution < 1.29 is 13.2 Å². The molecule has 0 aliphatic carbocycles. The highest BCUT2D eigenvalue weighted by atomic mass is 79.9. The maximum Gasteiger partial charge on any atom is 0.227 e. The van der Waals surface area contributed by atoms with Crippen LogP contribution in [0.2, 0.25) is 0 Å². The molecular weight excluding hydrogens is 370 g/mol. The number of rotatable bonds is 3. The monoisotopic (exact) mass is 383 g/mol. The Hall–Kier alpha value is -1.51. The molecule has 2 N–H and O–H groups in total. The molecule has 2 aromatic rings. The second-order valence-corrected chi connectivity index (χ2v) is 7.91. The normalized spacial score (nSPS) is 19.1. The van der Waals surface area contributed by atoms with Crippen LogP contribution in [0.1, 0.15) is 6.42 Å². The number of benzene rings is 1. The summed E-state index contributed by atoms with van der Waals surface area (Å²) in [5.41, 5.74) is 0.744. The fourth-order valence-electron chi connectivity index (χ4n) is 2.83. The predicted octanol–water partition coefficient (Wildman–Crippen LogP) is 1.64. The van der Waals surface area contributed by atoms with Gasteiger partial charge in [0, 0.05) is 46.5 Å². The largest absolute Gasteiger partial charge is 0.311 e. The number of carbonyl (C=O) groups excluding carboxylic acids is 1. The number of amides is 1. The lowest BCUT2D eigenvalue weighted by molar-refractivity contribution is -0.117. The van der Waals surface area contributed by atoms with E-state index in [-0.39, 0.29) is 24.0 Å². The number of pyridine rings is 1. The molecule has 1 aliphatic heterocycles. The Morgan fingerprint density at radius 3 is 2.82 bits per heavy atom. The number of hydrogen-bond acceptors (Lipinski definition) is 4. The molecule has 2 heterocycles. The summed E-state index contributed by atoms with van der Waals surface area (Å²) < 4.78 is 23.4. The Bertz CT molecular complexity index is 854. The molecule has 0 spiro atoms. The molecule has 8 heteroatoms. The zero-order valence-corrected chi connectivity index (χ0v) is 14.0. The number of sulfonamides is 1. The van der Waals surface area contributed by atoms with Gasteiger partial charge in [0.1, 0.15) is 0 Å². The zero-order chi connectivity index (χ0) is 15.9. The quantitative estimate of drug-likeness (QED) is 0.871. The van der Waals surface area contributed by atoms with E-state index in [4.69, 9.17) is 5.14 Å². The molecule has 1 aromatic carbocycles. The maximum absolute atomic E-state index is 12.3. The Balaban J connectivity index is 1.98. The number of anilines is 1. The Morgan fingerprint density at radius 1 is 1.32 bits per heavy atom. The first-order valence-electron chi connectivity index (χ1n) is 6.68. The lowest BCUT2D eigenvalue weighted by Gasteiger charge is -2.19. The third-order valence-corrected chi connectivity index (χ3v) is 5.33. The molecule has 1 amide bonds. The molecule has 1 atom stereocenters. The third-order valence-electron chi connectivity index (χ3n) is 3.71. The third kappa shape index (κ3) is 2.99. The number of nitrogens with two attached hydrogens (primary N) is 1. The Labute approximate surface area is 136 Å². The van der Waals surface area contributed by atoms with Crippen LogP contribution in [-0.4, -0.2) is 31.6 Å². The van der Waals surface area contributed by atoms with E-state index in [1.165, 1.54) is 0 Å². The van der Waals surface area contributed by atoms with Gasteiger partial charge >= 0.3 is 0 Å². The molecule has 22 heavy (non-hydrogen) atoms. The number of nitrogens with zero attached hydrogens (tertiary/aromatic N) is 2. The van der Waals surface area contributed by atoms with Gasteiger partial charge in [0.2, 0.25) is 15.9 Å². The molecule has 0 radical (unpaired) electrons. The van der Waals surface area contributed by atoms with Crippen molar-refractivity contribution in [2.24, 2.45) is 11.1 Å². The first-order valence-corrected chi connectivity index (χ1v) is 9.19. The van der Waals surface area contributed by atoms with Crippen molar-refractivity contribution in [3.05, 3.63) is 35.1 Å². The van der Waals surface area contributed by atoms with Crippen LogP contribution in [0, 0.1) is 5.92 Å². The van der Waals surface area contributed by atoms with Crippen LogP contribution in [0.15, 0.2) is 35.1 Å². The van der Waals surface area contributed by atoms with Crippen LogP contribution in [0.5, 0.6) is 0 Å². The van der Waals surface area contributed by atoms with E-state index in [2.05, 4.69) is 20.9 Å². The minimum atomic E-state index is -3.58. The topological polar surface area (TPSA) is 93.4 Å². The molecule has 1 saturated heterocycles. The summed E-state index contributed by atoms with van der Waals surface area (Å²) in [6.45, 7) is 0.348. The molecule has 6 nitrogen and oxygen atoms in total. The van der Waals surface area contributed by atoms with Crippen LogP contribution >= 0.6 is 15.9 Å². The van der Waals surface area contributed by atoms with E-state index in [1.54, 1.807) is 17.3 Å². The molecule has 116 valence electrons. The average Bonchev–Trinajstić information content (AvgIpc) is 2.78. The number of aromatic nitrogens is 1. The summed E-state index contributed by atoms with van der Waals surface area (Å²) in [7, 11) is -3.58. The smallest absolute Gasteiger partial charge is 0.227 e. The lowest BCUT2D eigenvalue weighted by atomic mass is 10.1. The first-order chi connectivity index (χ1) is 10.3. The summed E-state index contributed by atoms with van der Waals surface area (Å²) in [5.74, 6) is -0.555. The van der Waals surface area contributed by atoms with Gasteiger partial charge in [0.25, 0.3) is 0 Å². The van der Waals surface area contributed by atoms with E-state index < -0.39 is 10.0 Å².